The number of hydrogen-bond acceptors (Lipinski definition) is 3. The fourth-order valence-corrected chi connectivity index (χ4v) is 2.70. The van der Waals surface area contributed by atoms with Gasteiger partial charge in [0.25, 0.3) is 0 Å². The van der Waals surface area contributed by atoms with Crippen LogP contribution in [-0.2, 0) is 13.6 Å². The van der Waals surface area contributed by atoms with E-state index in [1.165, 1.54) is 0 Å². The minimum Gasteiger partial charge on any atom is -0.389 e. The van der Waals surface area contributed by atoms with E-state index in [1.807, 2.05) is 44.7 Å². The van der Waals surface area contributed by atoms with E-state index in [2.05, 4.69) is 25.9 Å². The van der Waals surface area contributed by atoms with Gasteiger partial charge >= 0.3 is 0 Å². The van der Waals surface area contributed by atoms with E-state index in [4.69, 9.17) is 0 Å². The van der Waals surface area contributed by atoms with Crippen molar-refractivity contribution >= 4 is 21.6 Å². The molecule has 1 N–H and O–H groups in total. The van der Waals surface area contributed by atoms with Gasteiger partial charge in [0.2, 0.25) is 0 Å². The third kappa shape index (κ3) is 3.36. The molecule has 0 aliphatic carbocycles. The second-order valence-corrected chi connectivity index (χ2v) is 5.62. The Hall–Kier alpha value is -1.33. The maximum absolute atomic E-state index is 9.57. The lowest BCUT2D eigenvalue weighted by atomic mass is 10.1. The van der Waals surface area contributed by atoms with Crippen molar-refractivity contribution in [2.24, 2.45) is 7.05 Å². The van der Waals surface area contributed by atoms with Crippen molar-refractivity contribution in [2.45, 2.75) is 19.6 Å². The Morgan fingerprint density at radius 1 is 1.47 bits per heavy atom. The number of aliphatic hydroxyl groups is 1. The average molecular weight is 324 g/mol. The van der Waals surface area contributed by atoms with E-state index in [0.29, 0.717) is 0 Å². The molecule has 4 nitrogen and oxygen atoms in total. The molecule has 0 unspecified atom stereocenters. The molecule has 0 radical (unpaired) electrons. The minimum atomic E-state index is -0.450. The van der Waals surface area contributed by atoms with Crippen LogP contribution in [0.15, 0.2) is 35.1 Å². The molecule has 0 aliphatic rings. The Morgan fingerprint density at radius 2 is 2.21 bits per heavy atom. The van der Waals surface area contributed by atoms with Gasteiger partial charge in [0.1, 0.15) is 0 Å². The molecule has 0 aliphatic heterocycles. The summed E-state index contributed by atoms with van der Waals surface area (Å²) in [7, 11) is 3.95. The van der Waals surface area contributed by atoms with Crippen LogP contribution < -0.4 is 4.90 Å². The number of aromatic nitrogens is 2. The van der Waals surface area contributed by atoms with E-state index in [9.17, 15) is 5.11 Å². The molecule has 1 aromatic heterocycles. The van der Waals surface area contributed by atoms with Gasteiger partial charge in [-0.1, -0.05) is 6.07 Å². The summed E-state index contributed by atoms with van der Waals surface area (Å²) in [6.45, 7) is 2.56. The van der Waals surface area contributed by atoms with Crippen molar-refractivity contribution < 1.29 is 5.11 Å². The highest BCUT2D eigenvalue weighted by Crippen LogP contribution is 2.29. The number of benzene rings is 1. The number of anilines is 1. The lowest BCUT2D eigenvalue weighted by molar-refractivity contribution is 0.199. The Labute approximate surface area is 121 Å². The first-order valence-electron chi connectivity index (χ1n) is 6.13. The average Bonchev–Trinajstić information content (AvgIpc) is 2.74. The highest BCUT2D eigenvalue weighted by atomic mass is 79.9. The van der Waals surface area contributed by atoms with Crippen LogP contribution in [0.5, 0.6) is 0 Å². The van der Waals surface area contributed by atoms with Gasteiger partial charge in [0, 0.05) is 36.9 Å². The number of aryl methyl sites for hydroxylation is 1. The molecule has 0 saturated heterocycles. The van der Waals surface area contributed by atoms with Gasteiger partial charge in [-0.2, -0.15) is 5.10 Å². The van der Waals surface area contributed by atoms with Crippen molar-refractivity contribution in [3.05, 3.63) is 46.2 Å². The van der Waals surface area contributed by atoms with E-state index >= 15 is 0 Å². The Balaban J connectivity index is 2.17. The number of aliphatic hydroxyl groups excluding tert-OH is 1. The first-order chi connectivity index (χ1) is 8.97. The summed E-state index contributed by atoms with van der Waals surface area (Å²) in [5, 5.41) is 13.7. The molecule has 0 saturated carbocycles. The molecule has 0 bridgehead atoms. The molecule has 2 aromatic rings. The smallest absolute Gasteiger partial charge is 0.0762 e. The highest BCUT2D eigenvalue weighted by Gasteiger charge is 2.10. The van der Waals surface area contributed by atoms with Gasteiger partial charge in [0.05, 0.1) is 18.0 Å². The van der Waals surface area contributed by atoms with Crippen molar-refractivity contribution in [1.29, 1.82) is 0 Å². The third-order valence-corrected chi connectivity index (χ3v) is 3.68. The maximum Gasteiger partial charge on any atom is 0.0762 e. The monoisotopic (exact) mass is 323 g/mol. The van der Waals surface area contributed by atoms with Crippen LogP contribution >= 0.6 is 15.9 Å². The number of rotatable bonds is 4. The van der Waals surface area contributed by atoms with Crippen LogP contribution in [0.25, 0.3) is 0 Å². The predicted molar refractivity (Wildman–Crippen MR) is 80.1 cm³/mol. The van der Waals surface area contributed by atoms with Gasteiger partial charge < -0.3 is 10.0 Å². The summed E-state index contributed by atoms with van der Waals surface area (Å²) in [6, 6.07) is 5.92. The number of nitrogens with zero attached hydrogens (tertiary/aromatic N) is 3. The molecule has 1 heterocycles. The number of hydrogen-bond donors (Lipinski definition) is 1. The Bertz CT molecular complexity index is 566. The summed E-state index contributed by atoms with van der Waals surface area (Å²) < 4.78 is 2.78. The highest BCUT2D eigenvalue weighted by molar-refractivity contribution is 9.10. The van der Waals surface area contributed by atoms with Crippen LogP contribution in [-0.4, -0.2) is 21.9 Å². The summed E-state index contributed by atoms with van der Waals surface area (Å²) in [5.74, 6) is 0. The summed E-state index contributed by atoms with van der Waals surface area (Å²) in [6.07, 6.45) is 3.43. The van der Waals surface area contributed by atoms with Gasteiger partial charge in [-0.15, -0.1) is 0 Å². The fraction of sp³-hybridized carbons (Fsp3) is 0.357. The fourth-order valence-electron chi connectivity index (χ4n) is 2.01. The Morgan fingerprint density at radius 3 is 2.74 bits per heavy atom. The zero-order valence-corrected chi connectivity index (χ0v) is 12.9. The Kier molecular flexibility index (Phi) is 4.27. The van der Waals surface area contributed by atoms with E-state index in [0.717, 1.165) is 27.8 Å². The lowest BCUT2D eigenvalue weighted by Crippen LogP contribution is -2.16. The van der Waals surface area contributed by atoms with Crippen LogP contribution in [0.4, 0.5) is 5.69 Å². The van der Waals surface area contributed by atoms with E-state index in [-0.39, 0.29) is 0 Å². The van der Waals surface area contributed by atoms with Crippen molar-refractivity contribution in [1.82, 2.24) is 9.78 Å². The molecule has 19 heavy (non-hydrogen) atoms. The molecule has 2 rings (SSSR count). The van der Waals surface area contributed by atoms with Crippen LogP contribution in [0.2, 0.25) is 0 Å². The van der Waals surface area contributed by atoms with Crippen LogP contribution in [0.1, 0.15) is 24.2 Å². The SMILES string of the molecule is C[C@H](O)c1ccc(N(C)Cc2cnn(C)c2)c(Br)c1. The number of halogens is 1. The van der Waals surface area contributed by atoms with Gasteiger partial charge in [-0.25, -0.2) is 0 Å². The first-order valence-corrected chi connectivity index (χ1v) is 6.93. The topological polar surface area (TPSA) is 41.3 Å². The molecule has 0 amide bonds. The molecule has 1 aromatic carbocycles. The van der Waals surface area contributed by atoms with Crippen molar-refractivity contribution in [3.8, 4) is 0 Å². The largest absolute Gasteiger partial charge is 0.389 e. The van der Waals surface area contributed by atoms with E-state index in [1.54, 1.807) is 11.6 Å². The van der Waals surface area contributed by atoms with Crippen molar-refractivity contribution in [3.63, 3.8) is 0 Å². The maximum atomic E-state index is 9.57. The molecule has 102 valence electrons. The van der Waals surface area contributed by atoms with E-state index < -0.39 is 6.10 Å². The molecule has 0 fully saturated rings. The molecule has 1 atom stereocenters. The molecule has 0 spiro atoms. The second-order valence-electron chi connectivity index (χ2n) is 4.77. The predicted octanol–water partition coefficient (Wildman–Crippen LogP) is 2.87. The molecular weight excluding hydrogens is 306 g/mol. The molecule has 5 heteroatoms. The van der Waals surface area contributed by atoms with Gasteiger partial charge in [-0.3, -0.25) is 4.68 Å². The zero-order chi connectivity index (χ0) is 14.0. The summed E-state index contributed by atoms with van der Waals surface area (Å²) >= 11 is 3.56. The summed E-state index contributed by atoms with van der Waals surface area (Å²) in [5.41, 5.74) is 3.16. The van der Waals surface area contributed by atoms with Gasteiger partial charge in [-0.05, 0) is 40.5 Å². The molecular formula is C14H18BrN3O. The third-order valence-electron chi connectivity index (χ3n) is 3.04. The summed E-state index contributed by atoms with van der Waals surface area (Å²) in [4.78, 5) is 2.15. The quantitative estimate of drug-likeness (QED) is 0.940. The lowest BCUT2D eigenvalue weighted by Gasteiger charge is -2.21. The van der Waals surface area contributed by atoms with Crippen LogP contribution in [0.3, 0.4) is 0 Å². The second kappa shape index (κ2) is 5.75. The minimum absolute atomic E-state index is 0.450. The van der Waals surface area contributed by atoms with Crippen molar-refractivity contribution in [2.75, 3.05) is 11.9 Å². The first kappa shape index (κ1) is 14.1. The van der Waals surface area contributed by atoms with Crippen LogP contribution in [0, 0.1) is 0 Å². The zero-order valence-electron chi connectivity index (χ0n) is 11.3. The van der Waals surface area contributed by atoms with Gasteiger partial charge in [0.15, 0.2) is 0 Å². The standard InChI is InChI=1S/C14H18BrN3O/c1-10(19)12-4-5-14(13(15)6-12)17(2)8-11-7-16-18(3)9-11/h4-7,9-10,19H,8H2,1-3H3/t10-/m0/s1. The normalized spacial score (nSPS) is 12.5.